The number of fused-ring (bicyclic) bond motifs is 1. The molecule has 2 amide bonds. The summed E-state index contributed by atoms with van der Waals surface area (Å²) in [5, 5.41) is 7.00. The first-order chi connectivity index (χ1) is 15.5. The van der Waals surface area contributed by atoms with Crippen molar-refractivity contribution in [2.24, 2.45) is 0 Å². The largest absolute Gasteiger partial charge is 0.467 e. The first-order valence-corrected chi connectivity index (χ1v) is 10.8. The quantitative estimate of drug-likeness (QED) is 0.463. The maximum absolute atomic E-state index is 13.6. The van der Waals surface area contributed by atoms with Crippen molar-refractivity contribution in [1.82, 2.24) is 5.32 Å². The Morgan fingerprint density at radius 3 is 2.16 bits per heavy atom. The summed E-state index contributed by atoms with van der Waals surface area (Å²) in [6.45, 7) is 0. The van der Waals surface area contributed by atoms with Crippen LogP contribution in [0, 0.1) is 0 Å². The molecule has 0 aliphatic carbocycles. The first-order valence-electron chi connectivity index (χ1n) is 10.0. The second kappa shape index (κ2) is 9.51. The van der Waals surface area contributed by atoms with Gasteiger partial charge in [-0.05, 0) is 36.4 Å². The third kappa shape index (κ3) is 4.52. The highest BCUT2D eigenvalue weighted by Gasteiger charge is 2.35. The third-order valence-electron chi connectivity index (χ3n) is 5.26. The summed E-state index contributed by atoms with van der Waals surface area (Å²) in [5.74, 6) is -0.436. The molecule has 4 rings (SSSR count). The number of methoxy groups -OCH3 is 1. The van der Waals surface area contributed by atoms with Gasteiger partial charge in [0, 0.05) is 27.7 Å². The van der Waals surface area contributed by atoms with Gasteiger partial charge in [0.15, 0.2) is 0 Å². The Balaban J connectivity index is 1.71. The number of anilines is 3. The predicted molar refractivity (Wildman–Crippen MR) is 127 cm³/mol. The number of rotatable bonds is 4. The van der Waals surface area contributed by atoms with Crippen molar-refractivity contribution >= 4 is 52.3 Å². The van der Waals surface area contributed by atoms with Gasteiger partial charge in [-0.25, -0.2) is 9.59 Å². The predicted octanol–water partition coefficient (Wildman–Crippen LogP) is 5.94. The Morgan fingerprint density at radius 2 is 1.59 bits per heavy atom. The number of hydrogen-bond acceptors (Lipinski definition) is 4. The Morgan fingerprint density at radius 1 is 1.00 bits per heavy atom. The van der Waals surface area contributed by atoms with E-state index in [1.165, 1.54) is 7.11 Å². The molecule has 0 radical (unpaired) electrons. The van der Waals surface area contributed by atoms with Crippen molar-refractivity contribution < 1.29 is 14.3 Å². The molecular formula is C24H21Cl2N3O3. The van der Waals surface area contributed by atoms with Crippen molar-refractivity contribution in [2.75, 3.05) is 17.3 Å². The van der Waals surface area contributed by atoms with E-state index >= 15 is 0 Å². The summed E-state index contributed by atoms with van der Waals surface area (Å²) in [5.41, 5.74) is 2.67. The number of para-hydroxylation sites is 2. The highest BCUT2D eigenvalue weighted by atomic mass is 35.5. The lowest BCUT2D eigenvalue weighted by atomic mass is 9.92. The number of carbonyl (C=O) groups is 2. The molecule has 1 aliphatic rings. The number of esters is 1. The fourth-order valence-corrected chi connectivity index (χ4v) is 4.46. The molecule has 0 unspecified atom stereocenters. The second-order valence-corrected chi connectivity index (χ2v) is 8.16. The maximum Gasteiger partial charge on any atom is 0.328 e. The zero-order valence-electron chi connectivity index (χ0n) is 17.2. The number of urea groups is 1. The molecule has 1 aliphatic heterocycles. The SMILES string of the molecule is COC(=O)[C@@H]1C[C@@H](NC(=O)N(c2ccccc2)c2ccccc2)c2c(Cl)cc(Cl)cc2N1. The molecule has 2 N–H and O–H groups in total. The molecule has 3 aromatic carbocycles. The van der Waals surface area contributed by atoms with Gasteiger partial charge in [-0.1, -0.05) is 59.6 Å². The topological polar surface area (TPSA) is 70.7 Å². The lowest BCUT2D eigenvalue weighted by Gasteiger charge is -2.34. The van der Waals surface area contributed by atoms with Crippen LogP contribution >= 0.6 is 23.2 Å². The summed E-state index contributed by atoms with van der Waals surface area (Å²) in [4.78, 5) is 27.4. The van der Waals surface area contributed by atoms with Crippen molar-refractivity contribution in [3.63, 3.8) is 0 Å². The third-order valence-corrected chi connectivity index (χ3v) is 5.79. The van der Waals surface area contributed by atoms with Crippen LogP contribution in [0.3, 0.4) is 0 Å². The molecule has 2 atom stereocenters. The molecule has 0 fully saturated rings. The monoisotopic (exact) mass is 469 g/mol. The molecule has 0 aromatic heterocycles. The van der Waals surface area contributed by atoms with Crippen molar-refractivity contribution in [1.29, 1.82) is 0 Å². The average molecular weight is 470 g/mol. The smallest absolute Gasteiger partial charge is 0.328 e. The molecule has 0 spiro atoms. The van der Waals surface area contributed by atoms with Gasteiger partial charge in [0.2, 0.25) is 0 Å². The Labute approximate surface area is 196 Å². The van der Waals surface area contributed by atoms with Gasteiger partial charge in [0.25, 0.3) is 0 Å². The van der Waals surface area contributed by atoms with E-state index in [0.717, 1.165) is 0 Å². The summed E-state index contributed by atoms with van der Waals surface area (Å²) < 4.78 is 4.91. The van der Waals surface area contributed by atoms with Crippen molar-refractivity contribution in [3.8, 4) is 0 Å². The molecular weight excluding hydrogens is 449 g/mol. The van der Waals surface area contributed by atoms with E-state index < -0.39 is 18.1 Å². The number of nitrogens with zero attached hydrogens (tertiary/aromatic N) is 1. The molecule has 1 heterocycles. The zero-order valence-corrected chi connectivity index (χ0v) is 18.7. The molecule has 0 bridgehead atoms. The van der Waals surface area contributed by atoms with Gasteiger partial charge in [-0.15, -0.1) is 0 Å². The van der Waals surface area contributed by atoms with Crippen LogP contribution in [0.15, 0.2) is 72.8 Å². The van der Waals surface area contributed by atoms with E-state index in [1.807, 2.05) is 60.7 Å². The van der Waals surface area contributed by atoms with E-state index in [9.17, 15) is 9.59 Å². The molecule has 6 nitrogen and oxygen atoms in total. The van der Waals surface area contributed by atoms with Gasteiger partial charge in [-0.3, -0.25) is 4.90 Å². The van der Waals surface area contributed by atoms with E-state index in [-0.39, 0.29) is 12.5 Å². The number of amides is 2. The van der Waals surface area contributed by atoms with Gasteiger partial charge in [0.05, 0.1) is 24.5 Å². The van der Waals surface area contributed by atoms with Gasteiger partial charge < -0.3 is 15.4 Å². The number of benzene rings is 3. The summed E-state index contributed by atoms with van der Waals surface area (Å²) in [6, 6.07) is 20.4. The first kappa shape index (κ1) is 22.0. The lowest BCUT2D eigenvalue weighted by molar-refractivity contribution is -0.141. The number of nitrogens with one attached hydrogen (secondary N) is 2. The Kier molecular flexibility index (Phi) is 6.53. The highest BCUT2D eigenvalue weighted by Crippen LogP contribution is 2.40. The second-order valence-electron chi connectivity index (χ2n) is 7.31. The number of carbonyl (C=O) groups excluding carboxylic acids is 2. The Hall–Kier alpha value is -3.22. The van der Waals surface area contributed by atoms with E-state index in [2.05, 4.69) is 10.6 Å². The highest BCUT2D eigenvalue weighted by molar-refractivity contribution is 6.35. The van der Waals surface area contributed by atoms with E-state index in [0.29, 0.717) is 32.7 Å². The van der Waals surface area contributed by atoms with E-state index in [4.69, 9.17) is 27.9 Å². The minimum Gasteiger partial charge on any atom is -0.467 e. The number of ether oxygens (including phenoxy) is 1. The van der Waals surface area contributed by atoms with Crippen LogP contribution in [-0.2, 0) is 9.53 Å². The fraction of sp³-hybridized carbons (Fsp3) is 0.167. The lowest BCUT2D eigenvalue weighted by Crippen LogP contribution is -2.45. The van der Waals surface area contributed by atoms with Crippen LogP contribution in [0.1, 0.15) is 18.0 Å². The molecule has 0 saturated heterocycles. The molecule has 164 valence electrons. The van der Waals surface area contributed by atoms with Gasteiger partial charge in [-0.2, -0.15) is 0 Å². The van der Waals surface area contributed by atoms with Crippen LogP contribution in [0.5, 0.6) is 0 Å². The standard InChI is InChI=1S/C24H21Cl2N3O3/c1-32-23(30)21-14-20(22-18(26)12-15(25)13-19(22)27-21)28-24(31)29(16-8-4-2-5-9-16)17-10-6-3-7-11-17/h2-13,20-21,27H,14H2,1H3,(H,28,31)/t20-,21+/m1/s1. The van der Waals surface area contributed by atoms with Crippen molar-refractivity contribution in [3.05, 3.63) is 88.4 Å². The zero-order chi connectivity index (χ0) is 22.7. The summed E-state index contributed by atoms with van der Waals surface area (Å²) in [7, 11) is 1.32. The number of hydrogen-bond donors (Lipinski definition) is 2. The minimum absolute atomic E-state index is 0.268. The molecule has 32 heavy (non-hydrogen) atoms. The summed E-state index contributed by atoms with van der Waals surface area (Å²) in [6.07, 6.45) is 0.268. The normalized spacial score (nSPS) is 17.0. The summed E-state index contributed by atoms with van der Waals surface area (Å²) >= 11 is 12.7. The molecule has 8 heteroatoms. The van der Waals surface area contributed by atoms with Crippen molar-refractivity contribution in [2.45, 2.75) is 18.5 Å². The van der Waals surface area contributed by atoms with Crippen LogP contribution < -0.4 is 15.5 Å². The van der Waals surface area contributed by atoms with Crippen LogP contribution in [0.4, 0.5) is 21.9 Å². The maximum atomic E-state index is 13.6. The number of halogens is 2. The Bertz CT molecular complexity index is 1090. The van der Waals surface area contributed by atoms with E-state index in [1.54, 1.807) is 17.0 Å². The van der Waals surface area contributed by atoms with Crippen LogP contribution in [0.25, 0.3) is 0 Å². The van der Waals surface area contributed by atoms with Crippen LogP contribution in [0.2, 0.25) is 10.0 Å². The van der Waals surface area contributed by atoms with Gasteiger partial charge >= 0.3 is 12.0 Å². The van der Waals surface area contributed by atoms with Crippen LogP contribution in [-0.4, -0.2) is 25.2 Å². The molecule has 3 aromatic rings. The minimum atomic E-state index is -0.658. The molecule has 0 saturated carbocycles. The average Bonchev–Trinajstić information content (AvgIpc) is 2.79. The fourth-order valence-electron chi connectivity index (χ4n) is 3.84. The van der Waals surface area contributed by atoms with Gasteiger partial charge in [0.1, 0.15) is 6.04 Å².